The van der Waals surface area contributed by atoms with Crippen LogP contribution in [-0.4, -0.2) is 39.5 Å². The Labute approximate surface area is 124 Å². The highest BCUT2D eigenvalue weighted by atomic mass is 16.5. The summed E-state index contributed by atoms with van der Waals surface area (Å²) in [6, 6.07) is 10.0. The second kappa shape index (κ2) is 5.20. The van der Waals surface area contributed by atoms with Crippen LogP contribution in [0.15, 0.2) is 30.3 Å². The molecule has 0 unspecified atom stereocenters. The van der Waals surface area contributed by atoms with Gasteiger partial charge in [-0.25, -0.2) is 0 Å². The molecule has 21 heavy (non-hydrogen) atoms. The smallest absolute Gasteiger partial charge is 0.217 e. The third kappa shape index (κ3) is 2.56. The minimum absolute atomic E-state index is 0.152. The van der Waals surface area contributed by atoms with Crippen molar-refractivity contribution >= 4 is 0 Å². The van der Waals surface area contributed by atoms with Crippen molar-refractivity contribution in [3.8, 4) is 5.69 Å². The monoisotopic (exact) mass is 288 g/mol. The van der Waals surface area contributed by atoms with Crippen molar-refractivity contribution < 1.29 is 10.1 Å². The van der Waals surface area contributed by atoms with Crippen molar-refractivity contribution in [2.75, 3.05) is 13.7 Å². The largest absolute Gasteiger partial charge is 0.375 e. The van der Waals surface area contributed by atoms with E-state index < -0.39 is 0 Å². The molecular formula is C15H22N5O+. The van der Waals surface area contributed by atoms with Crippen molar-refractivity contribution in [2.24, 2.45) is 0 Å². The Kier molecular flexibility index (Phi) is 3.51. The number of tetrazole rings is 1. The summed E-state index contributed by atoms with van der Waals surface area (Å²) >= 11 is 0. The molecule has 2 heterocycles. The number of aromatic nitrogens is 4. The number of hydrogen-bond donors (Lipinski definition) is 1. The van der Waals surface area contributed by atoms with E-state index in [-0.39, 0.29) is 11.1 Å². The molecule has 6 nitrogen and oxygen atoms in total. The van der Waals surface area contributed by atoms with Gasteiger partial charge >= 0.3 is 0 Å². The first-order chi connectivity index (χ1) is 10.1. The molecule has 112 valence electrons. The van der Waals surface area contributed by atoms with Gasteiger partial charge in [-0.15, -0.1) is 5.10 Å². The number of rotatable bonds is 3. The van der Waals surface area contributed by atoms with Gasteiger partial charge in [0.15, 0.2) is 5.54 Å². The fourth-order valence-corrected chi connectivity index (χ4v) is 3.22. The maximum Gasteiger partial charge on any atom is 0.217 e. The van der Waals surface area contributed by atoms with Crippen molar-refractivity contribution in [2.45, 2.75) is 37.8 Å². The number of benzene rings is 1. The molecule has 0 saturated carbocycles. The molecule has 6 heteroatoms. The zero-order chi connectivity index (χ0) is 14.9. The van der Waals surface area contributed by atoms with E-state index in [4.69, 9.17) is 4.74 Å². The lowest BCUT2D eigenvalue weighted by Crippen LogP contribution is -2.93. The standard InChI is InChI=1S/C15H21N5O/c1-14(2)11-15(16-3,9-10-21-14)13-17-18-19-20(13)12-7-5-4-6-8-12/h4-8,16H,9-11H2,1-3H3/p+1/t15-/m0/s1. The highest BCUT2D eigenvalue weighted by Gasteiger charge is 2.48. The van der Waals surface area contributed by atoms with Crippen LogP contribution >= 0.6 is 0 Å². The van der Waals surface area contributed by atoms with Crippen LogP contribution in [0.2, 0.25) is 0 Å². The normalized spacial score (nSPS) is 24.9. The first-order valence-electron chi connectivity index (χ1n) is 7.35. The van der Waals surface area contributed by atoms with Crippen LogP contribution in [0, 0.1) is 0 Å². The lowest BCUT2D eigenvalue weighted by atomic mass is 9.80. The summed E-state index contributed by atoms with van der Waals surface area (Å²) in [5, 5.41) is 14.7. The molecule has 2 N–H and O–H groups in total. The van der Waals surface area contributed by atoms with Gasteiger partial charge in [0, 0.05) is 12.8 Å². The maximum atomic E-state index is 5.87. The van der Waals surface area contributed by atoms with Crippen LogP contribution < -0.4 is 5.32 Å². The van der Waals surface area contributed by atoms with Gasteiger partial charge in [-0.3, -0.25) is 0 Å². The zero-order valence-corrected chi connectivity index (χ0v) is 12.8. The van der Waals surface area contributed by atoms with Crippen LogP contribution in [0.5, 0.6) is 0 Å². The molecule has 1 aromatic carbocycles. The topological polar surface area (TPSA) is 69.4 Å². The van der Waals surface area contributed by atoms with E-state index in [2.05, 4.69) is 41.7 Å². The molecule has 1 aliphatic heterocycles. The van der Waals surface area contributed by atoms with Crippen molar-refractivity contribution in [3.05, 3.63) is 36.2 Å². The first kappa shape index (κ1) is 14.2. The number of nitrogens with two attached hydrogens (primary N) is 1. The van der Waals surface area contributed by atoms with Crippen LogP contribution in [0.25, 0.3) is 5.69 Å². The number of quaternary nitrogens is 1. The molecule has 3 rings (SSSR count). The van der Waals surface area contributed by atoms with Crippen LogP contribution in [-0.2, 0) is 10.3 Å². The quantitative estimate of drug-likeness (QED) is 0.900. The number of ether oxygens (including phenoxy) is 1. The van der Waals surface area contributed by atoms with Gasteiger partial charge in [-0.1, -0.05) is 18.2 Å². The van der Waals surface area contributed by atoms with Crippen LogP contribution in [0.1, 0.15) is 32.5 Å². The molecule has 1 fully saturated rings. The van der Waals surface area contributed by atoms with E-state index in [0.717, 1.165) is 31.0 Å². The Hall–Kier alpha value is -1.79. The summed E-state index contributed by atoms with van der Waals surface area (Å²) in [5.41, 5.74) is 0.669. The van der Waals surface area contributed by atoms with Crippen molar-refractivity contribution in [1.29, 1.82) is 0 Å². The predicted molar refractivity (Wildman–Crippen MR) is 77.9 cm³/mol. The second-order valence-corrected chi connectivity index (χ2v) is 6.23. The minimum Gasteiger partial charge on any atom is -0.375 e. The number of para-hydroxylation sites is 1. The highest BCUT2D eigenvalue weighted by Crippen LogP contribution is 2.35. The first-order valence-corrected chi connectivity index (χ1v) is 7.35. The van der Waals surface area contributed by atoms with Crippen molar-refractivity contribution in [3.63, 3.8) is 0 Å². The lowest BCUT2D eigenvalue weighted by molar-refractivity contribution is -0.722. The molecule has 0 bridgehead atoms. The molecular weight excluding hydrogens is 266 g/mol. The maximum absolute atomic E-state index is 5.87. The molecule has 1 aromatic heterocycles. The van der Waals surface area contributed by atoms with Crippen LogP contribution in [0.4, 0.5) is 0 Å². The predicted octanol–water partition coefficient (Wildman–Crippen LogP) is 0.640. The molecule has 2 aromatic rings. The Balaban J connectivity index is 2.05. The van der Waals surface area contributed by atoms with Gasteiger partial charge in [0.25, 0.3) is 0 Å². The van der Waals surface area contributed by atoms with E-state index in [1.165, 1.54) is 0 Å². The Morgan fingerprint density at radius 2 is 2.00 bits per heavy atom. The van der Waals surface area contributed by atoms with Gasteiger partial charge in [0.05, 0.1) is 24.9 Å². The molecule has 1 atom stereocenters. The van der Waals surface area contributed by atoms with E-state index >= 15 is 0 Å². The van der Waals surface area contributed by atoms with Gasteiger partial charge in [0.2, 0.25) is 5.82 Å². The SMILES string of the molecule is C[NH2+][C@@]1(c2nnnn2-c2ccccc2)CCOC(C)(C)C1. The van der Waals surface area contributed by atoms with Crippen molar-refractivity contribution in [1.82, 2.24) is 20.2 Å². The minimum atomic E-state index is -0.168. The number of nitrogens with zero attached hydrogens (tertiary/aromatic N) is 4. The van der Waals surface area contributed by atoms with Crippen LogP contribution in [0.3, 0.4) is 0 Å². The second-order valence-electron chi connectivity index (χ2n) is 6.23. The van der Waals surface area contributed by atoms with E-state index in [1.54, 1.807) is 0 Å². The average molecular weight is 288 g/mol. The Morgan fingerprint density at radius 3 is 2.67 bits per heavy atom. The summed E-state index contributed by atoms with van der Waals surface area (Å²) in [5.74, 6) is 0.896. The lowest BCUT2D eigenvalue weighted by Gasteiger charge is -2.41. The summed E-state index contributed by atoms with van der Waals surface area (Å²) in [6.07, 6.45) is 1.78. The fraction of sp³-hybridized carbons (Fsp3) is 0.533. The van der Waals surface area contributed by atoms with E-state index in [9.17, 15) is 0 Å². The summed E-state index contributed by atoms with van der Waals surface area (Å²) in [4.78, 5) is 0. The third-order valence-electron chi connectivity index (χ3n) is 4.25. The highest BCUT2D eigenvalue weighted by molar-refractivity contribution is 5.31. The van der Waals surface area contributed by atoms with E-state index in [0.29, 0.717) is 0 Å². The molecule has 0 aliphatic carbocycles. The van der Waals surface area contributed by atoms with E-state index in [1.807, 2.05) is 35.0 Å². The Morgan fingerprint density at radius 1 is 1.24 bits per heavy atom. The zero-order valence-electron chi connectivity index (χ0n) is 12.8. The summed E-state index contributed by atoms with van der Waals surface area (Å²) in [6.45, 7) is 4.97. The molecule has 0 radical (unpaired) electrons. The molecule has 1 saturated heterocycles. The van der Waals surface area contributed by atoms with Gasteiger partial charge < -0.3 is 10.1 Å². The summed E-state index contributed by atoms with van der Waals surface area (Å²) in [7, 11) is 2.09. The Bertz CT molecular complexity index is 610. The number of hydrogen-bond acceptors (Lipinski definition) is 4. The molecule has 0 amide bonds. The van der Waals surface area contributed by atoms with Gasteiger partial charge in [-0.05, 0) is 36.4 Å². The van der Waals surface area contributed by atoms with Gasteiger partial charge in [-0.2, -0.15) is 4.68 Å². The fourth-order valence-electron chi connectivity index (χ4n) is 3.22. The summed E-state index contributed by atoms with van der Waals surface area (Å²) < 4.78 is 7.72. The average Bonchev–Trinajstić information content (AvgIpc) is 2.97. The molecule has 1 aliphatic rings. The third-order valence-corrected chi connectivity index (χ3v) is 4.25. The van der Waals surface area contributed by atoms with Gasteiger partial charge in [0.1, 0.15) is 0 Å². The molecule has 0 spiro atoms.